The van der Waals surface area contributed by atoms with Gasteiger partial charge in [0.05, 0.1) is 16.4 Å². The van der Waals surface area contributed by atoms with Gasteiger partial charge in [0.25, 0.3) is 0 Å². The monoisotopic (exact) mass is 385 g/mol. The van der Waals surface area contributed by atoms with Crippen LogP contribution < -0.4 is 5.32 Å². The molecule has 2 aromatic carbocycles. The molecule has 0 aliphatic carbocycles. The van der Waals surface area contributed by atoms with E-state index in [9.17, 15) is 13.6 Å². The number of carbonyl (C=O) groups excluding carboxylic acids is 1. The average Bonchev–Trinajstić information content (AvgIpc) is 3.28. The standard InChI is InChI=1S/C19H13F2N3O2S/c20-12-8-14-16(9-13(12)21)27-19(23-14)24-17(25)6-7-18-22-10-15(26-18)11-4-2-1-3-5-11/h1-5,8-10H,6-7H2,(H,23,24,25). The van der Waals surface area contributed by atoms with Crippen LogP contribution in [0.15, 0.2) is 53.1 Å². The van der Waals surface area contributed by atoms with Crippen molar-refractivity contribution in [3.63, 3.8) is 0 Å². The molecule has 4 aromatic rings. The molecule has 5 nitrogen and oxygen atoms in total. The summed E-state index contributed by atoms with van der Waals surface area (Å²) in [6, 6.07) is 11.6. The summed E-state index contributed by atoms with van der Waals surface area (Å²) in [5.41, 5.74) is 1.21. The third-order valence-electron chi connectivity index (χ3n) is 3.85. The molecular formula is C19H13F2N3O2S. The fourth-order valence-corrected chi connectivity index (χ4v) is 3.43. The average molecular weight is 385 g/mol. The number of nitrogens with one attached hydrogen (secondary N) is 1. The number of halogens is 2. The van der Waals surface area contributed by atoms with Gasteiger partial charge in [-0.05, 0) is 6.07 Å². The van der Waals surface area contributed by atoms with Crippen molar-refractivity contribution in [3.8, 4) is 11.3 Å². The highest BCUT2D eigenvalue weighted by Gasteiger charge is 2.13. The fourth-order valence-electron chi connectivity index (χ4n) is 2.54. The summed E-state index contributed by atoms with van der Waals surface area (Å²) < 4.78 is 32.6. The Labute approximate surface area is 156 Å². The molecule has 2 heterocycles. The van der Waals surface area contributed by atoms with E-state index in [1.54, 1.807) is 6.20 Å². The number of thiazole rings is 1. The van der Waals surface area contributed by atoms with Crippen molar-refractivity contribution in [2.24, 2.45) is 0 Å². The van der Waals surface area contributed by atoms with Crippen molar-refractivity contribution < 1.29 is 18.0 Å². The lowest BCUT2D eigenvalue weighted by molar-refractivity contribution is -0.116. The van der Waals surface area contributed by atoms with E-state index in [-0.39, 0.29) is 17.5 Å². The Bertz CT molecular complexity index is 1070. The molecule has 136 valence electrons. The lowest BCUT2D eigenvalue weighted by Crippen LogP contribution is -2.12. The number of anilines is 1. The van der Waals surface area contributed by atoms with Crippen molar-refractivity contribution in [2.75, 3.05) is 5.32 Å². The number of amides is 1. The van der Waals surface area contributed by atoms with E-state index >= 15 is 0 Å². The maximum absolute atomic E-state index is 13.3. The maximum Gasteiger partial charge on any atom is 0.226 e. The summed E-state index contributed by atoms with van der Waals surface area (Å²) in [5, 5.41) is 2.92. The number of hydrogen-bond donors (Lipinski definition) is 1. The number of benzene rings is 2. The van der Waals surface area contributed by atoms with Gasteiger partial charge >= 0.3 is 0 Å². The molecule has 0 radical (unpaired) electrons. The van der Waals surface area contributed by atoms with Crippen molar-refractivity contribution in [1.29, 1.82) is 0 Å². The second-order valence-electron chi connectivity index (χ2n) is 5.79. The molecule has 0 spiro atoms. The molecule has 0 saturated heterocycles. The molecule has 0 atom stereocenters. The Morgan fingerprint density at radius 1 is 1.15 bits per heavy atom. The van der Waals surface area contributed by atoms with E-state index in [2.05, 4.69) is 15.3 Å². The van der Waals surface area contributed by atoms with Gasteiger partial charge in [0, 0.05) is 24.5 Å². The molecule has 2 aromatic heterocycles. The summed E-state index contributed by atoms with van der Waals surface area (Å²) in [6.45, 7) is 0. The van der Waals surface area contributed by atoms with Crippen LogP contribution in [0.25, 0.3) is 21.5 Å². The lowest BCUT2D eigenvalue weighted by atomic mass is 10.2. The summed E-state index contributed by atoms with van der Waals surface area (Å²) in [5.74, 6) is -1.10. The minimum Gasteiger partial charge on any atom is -0.441 e. The summed E-state index contributed by atoms with van der Waals surface area (Å²) in [7, 11) is 0. The lowest BCUT2D eigenvalue weighted by Gasteiger charge is -1.99. The molecule has 0 saturated carbocycles. The third-order valence-corrected chi connectivity index (χ3v) is 4.79. The van der Waals surface area contributed by atoms with Crippen molar-refractivity contribution in [3.05, 3.63) is 66.2 Å². The Morgan fingerprint density at radius 3 is 2.74 bits per heavy atom. The van der Waals surface area contributed by atoms with Gasteiger partial charge in [-0.2, -0.15) is 0 Å². The van der Waals surface area contributed by atoms with E-state index in [0.29, 0.717) is 28.3 Å². The zero-order valence-electron chi connectivity index (χ0n) is 13.9. The fraction of sp³-hybridized carbons (Fsp3) is 0.105. The van der Waals surface area contributed by atoms with E-state index in [0.717, 1.165) is 29.0 Å². The molecule has 4 rings (SSSR count). The van der Waals surface area contributed by atoms with Crippen LogP contribution in [0.2, 0.25) is 0 Å². The van der Waals surface area contributed by atoms with E-state index in [1.807, 2.05) is 30.3 Å². The van der Waals surface area contributed by atoms with Crippen molar-refractivity contribution in [2.45, 2.75) is 12.8 Å². The van der Waals surface area contributed by atoms with Gasteiger partial charge in [-0.15, -0.1) is 0 Å². The van der Waals surface area contributed by atoms with Gasteiger partial charge in [0.2, 0.25) is 5.91 Å². The first-order chi connectivity index (χ1) is 13.1. The topological polar surface area (TPSA) is 68.0 Å². The van der Waals surface area contributed by atoms with Gasteiger partial charge in [-0.25, -0.2) is 18.7 Å². The van der Waals surface area contributed by atoms with Crippen LogP contribution in [0.1, 0.15) is 12.3 Å². The van der Waals surface area contributed by atoms with Crippen LogP contribution in [-0.2, 0) is 11.2 Å². The molecule has 1 N–H and O–H groups in total. The number of rotatable bonds is 5. The number of nitrogens with zero attached hydrogens (tertiary/aromatic N) is 2. The molecule has 8 heteroatoms. The highest BCUT2D eigenvalue weighted by Crippen LogP contribution is 2.28. The van der Waals surface area contributed by atoms with E-state index in [4.69, 9.17) is 4.42 Å². The number of oxazole rings is 1. The van der Waals surface area contributed by atoms with Crippen molar-refractivity contribution in [1.82, 2.24) is 9.97 Å². The second kappa shape index (κ2) is 7.24. The molecule has 0 aliphatic rings. The number of aromatic nitrogens is 2. The number of fused-ring (bicyclic) bond motifs is 1. The van der Waals surface area contributed by atoms with Crippen LogP contribution in [0.5, 0.6) is 0 Å². The number of aryl methyl sites for hydroxylation is 1. The minimum atomic E-state index is -0.969. The van der Waals surface area contributed by atoms with Gasteiger partial charge < -0.3 is 9.73 Å². The number of hydrogen-bond acceptors (Lipinski definition) is 5. The molecule has 0 fully saturated rings. The molecule has 27 heavy (non-hydrogen) atoms. The van der Waals surface area contributed by atoms with Crippen LogP contribution >= 0.6 is 11.3 Å². The quantitative estimate of drug-likeness (QED) is 0.536. The Balaban J connectivity index is 1.38. The molecule has 0 bridgehead atoms. The van der Waals surface area contributed by atoms with E-state index < -0.39 is 11.6 Å². The maximum atomic E-state index is 13.3. The predicted octanol–water partition coefficient (Wildman–Crippen LogP) is 4.80. The zero-order chi connectivity index (χ0) is 18.8. The molecule has 0 unspecified atom stereocenters. The first kappa shape index (κ1) is 17.3. The van der Waals surface area contributed by atoms with Crippen LogP contribution in [0, 0.1) is 11.6 Å². The predicted molar refractivity (Wildman–Crippen MR) is 98.4 cm³/mol. The third kappa shape index (κ3) is 3.85. The Morgan fingerprint density at radius 2 is 1.93 bits per heavy atom. The highest BCUT2D eigenvalue weighted by molar-refractivity contribution is 7.22. The Hall–Kier alpha value is -3.13. The SMILES string of the molecule is O=C(CCc1ncc(-c2ccccc2)o1)Nc1nc2cc(F)c(F)cc2s1. The number of carbonyl (C=O) groups is 1. The van der Waals surface area contributed by atoms with Gasteiger partial charge in [0.1, 0.15) is 0 Å². The van der Waals surface area contributed by atoms with Crippen LogP contribution in [0.4, 0.5) is 13.9 Å². The summed E-state index contributed by atoms with van der Waals surface area (Å²) in [4.78, 5) is 20.4. The molecular weight excluding hydrogens is 372 g/mol. The van der Waals surface area contributed by atoms with Crippen LogP contribution in [0.3, 0.4) is 0 Å². The first-order valence-corrected chi connectivity index (χ1v) is 8.96. The molecule has 0 aliphatic heterocycles. The van der Waals surface area contributed by atoms with Crippen molar-refractivity contribution >= 4 is 32.6 Å². The normalized spacial score (nSPS) is 11.0. The Kier molecular flexibility index (Phi) is 4.64. The molecule has 1 amide bonds. The largest absolute Gasteiger partial charge is 0.441 e. The summed E-state index contributed by atoms with van der Waals surface area (Å²) >= 11 is 1.08. The highest BCUT2D eigenvalue weighted by atomic mass is 32.1. The van der Waals surface area contributed by atoms with Gasteiger partial charge in [-0.3, -0.25) is 4.79 Å². The summed E-state index contributed by atoms with van der Waals surface area (Å²) in [6.07, 6.45) is 2.10. The minimum absolute atomic E-state index is 0.146. The first-order valence-electron chi connectivity index (χ1n) is 8.14. The smallest absolute Gasteiger partial charge is 0.226 e. The van der Waals surface area contributed by atoms with Crippen LogP contribution in [-0.4, -0.2) is 15.9 Å². The van der Waals surface area contributed by atoms with E-state index in [1.165, 1.54) is 0 Å². The van der Waals surface area contributed by atoms with Gasteiger partial charge in [-0.1, -0.05) is 41.7 Å². The second-order valence-corrected chi connectivity index (χ2v) is 6.82. The van der Waals surface area contributed by atoms with Gasteiger partial charge in [0.15, 0.2) is 28.4 Å². The zero-order valence-corrected chi connectivity index (χ0v) is 14.7.